The van der Waals surface area contributed by atoms with E-state index in [0.29, 0.717) is 25.9 Å². The third-order valence-corrected chi connectivity index (χ3v) is 7.39. The van der Waals surface area contributed by atoms with Crippen LogP contribution in [-0.2, 0) is 22.4 Å². The minimum atomic E-state index is -0.988. The molecule has 2 atom stereocenters. The Balaban J connectivity index is 1.64. The molecular weight excluding hydrogens is 480 g/mol. The number of unbranched alkanes of at least 4 members (excludes halogenated alkanes) is 6. The van der Waals surface area contributed by atoms with Crippen LogP contribution in [0, 0.1) is 0 Å². The number of nitrogens with one attached hydrogen (secondary N) is 2. The number of aryl methyl sites for hydroxylation is 2. The number of allylic oxidation sites excluding steroid dienone is 2. The molecule has 0 saturated carbocycles. The van der Waals surface area contributed by atoms with E-state index in [1.807, 2.05) is 21.9 Å². The number of aliphatic hydroxyl groups is 2. The summed E-state index contributed by atoms with van der Waals surface area (Å²) in [5.41, 5.74) is 4.10. The number of rotatable bonds is 16. The smallest absolute Gasteiger partial charge is 0.249 e. The lowest BCUT2D eigenvalue weighted by Gasteiger charge is -2.36. The van der Waals surface area contributed by atoms with Gasteiger partial charge in [-0.05, 0) is 49.7 Å². The Bertz CT molecular complexity index is 900. The second kappa shape index (κ2) is 15.5. The number of hydrogen-bond donors (Lipinski definition) is 4. The summed E-state index contributed by atoms with van der Waals surface area (Å²) in [5.74, 6) is -0.517. The molecule has 2 aliphatic rings. The number of carbonyl (C=O) groups is 2. The molecule has 0 fully saturated rings. The third kappa shape index (κ3) is 8.88. The second-order valence-corrected chi connectivity index (χ2v) is 10.3. The Morgan fingerprint density at radius 1 is 0.658 bits per heavy atom. The van der Waals surface area contributed by atoms with Gasteiger partial charge in [-0.1, -0.05) is 76.6 Å². The van der Waals surface area contributed by atoms with Crippen LogP contribution >= 0.6 is 0 Å². The quantitative estimate of drug-likeness (QED) is 0.244. The average molecular weight is 527 g/mol. The van der Waals surface area contributed by atoms with Gasteiger partial charge in [-0.25, -0.2) is 0 Å². The lowest BCUT2D eigenvalue weighted by molar-refractivity contribution is -0.126. The highest BCUT2D eigenvalue weighted by Crippen LogP contribution is 2.24. The highest BCUT2D eigenvalue weighted by molar-refractivity contribution is 5.89. The van der Waals surface area contributed by atoms with Gasteiger partial charge in [-0.15, -0.1) is 0 Å². The van der Waals surface area contributed by atoms with E-state index < -0.39 is 12.7 Å². The van der Waals surface area contributed by atoms with E-state index in [1.54, 1.807) is 12.2 Å². The molecule has 1 aromatic rings. The van der Waals surface area contributed by atoms with Gasteiger partial charge in [0.1, 0.15) is 0 Å². The van der Waals surface area contributed by atoms with Crippen LogP contribution in [0.5, 0.6) is 0 Å². The van der Waals surface area contributed by atoms with Crippen molar-refractivity contribution in [2.24, 2.45) is 0 Å². The van der Waals surface area contributed by atoms with Crippen molar-refractivity contribution in [3.63, 3.8) is 0 Å². The van der Waals surface area contributed by atoms with Crippen molar-refractivity contribution in [2.45, 2.75) is 104 Å². The first-order chi connectivity index (χ1) is 18.4. The Morgan fingerprint density at radius 3 is 1.47 bits per heavy atom. The Labute approximate surface area is 227 Å². The zero-order valence-electron chi connectivity index (χ0n) is 23.1. The molecule has 2 unspecified atom stereocenters. The number of benzene rings is 1. The molecule has 210 valence electrons. The van der Waals surface area contributed by atoms with Gasteiger partial charge in [0.15, 0.2) is 0 Å². The number of nitrogens with zero attached hydrogens (tertiary/aromatic N) is 2. The predicted octanol–water partition coefficient (Wildman–Crippen LogP) is 3.90. The summed E-state index contributed by atoms with van der Waals surface area (Å²) < 4.78 is 0. The summed E-state index contributed by atoms with van der Waals surface area (Å²) in [7, 11) is 0. The maximum atomic E-state index is 12.1. The van der Waals surface area contributed by atoms with Gasteiger partial charge >= 0.3 is 0 Å². The molecule has 0 radical (unpaired) electrons. The van der Waals surface area contributed by atoms with Crippen LogP contribution in [0.2, 0.25) is 0 Å². The van der Waals surface area contributed by atoms with E-state index in [0.717, 1.165) is 75.6 Å². The number of aliphatic hydroxyl groups excluding tert-OH is 2. The molecule has 0 aromatic heterocycles. The molecule has 2 heterocycles. The van der Waals surface area contributed by atoms with Crippen LogP contribution < -0.4 is 10.6 Å². The van der Waals surface area contributed by atoms with Crippen molar-refractivity contribution >= 4 is 11.8 Å². The van der Waals surface area contributed by atoms with E-state index in [4.69, 9.17) is 0 Å². The van der Waals surface area contributed by atoms with Crippen molar-refractivity contribution < 1.29 is 19.8 Å². The lowest BCUT2D eigenvalue weighted by atomic mass is 9.96. The molecule has 0 saturated heterocycles. The second-order valence-electron chi connectivity index (χ2n) is 10.3. The summed E-state index contributed by atoms with van der Waals surface area (Å²) in [6.45, 7) is 5.76. The summed E-state index contributed by atoms with van der Waals surface area (Å²) in [6.07, 6.45) is 12.8. The van der Waals surface area contributed by atoms with Crippen molar-refractivity contribution in [3.8, 4) is 0 Å². The van der Waals surface area contributed by atoms with Gasteiger partial charge in [-0.3, -0.25) is 9.59 Å². The van der Waals surface area contributed by atoms with E-state index in [2.05, 4.69) is 36.6 Å². The van der Waals surface area contributed by atoms with Gasteiger partial charge in [0.25, 0.3) is 0 Å². The lowest BCUT2D eigenvalue weighted by Crippen LogP contribution is -2.51. The molecule has 2 amide bonds. The van der Waals surface area contributed by atoms with Crippen LogP contribution in [0.15, 0.2) is 47.8 Å². The topological polar surface area (TPSA) is 105 Å². The largest absolute Gasteiger partial charge is 0.356 e. The van der Waals surface area contributed by atoms with E-state index >= 15 is 0 Å². The fraction of sp³-hybridized carbons (Fsp3) is 0.600. The summed E-state index contributed by atoms with van der Waals surface area (Å²) in [5, 5.41) is 26.2. The van der Waals surface area contributed by atoms with Crippen molar-refractivity contribution in [2.75, 3.05) is 13.1 Å². The van der Waals surface area contributed by atoms with Gasteiger partial charge in [0.05, 0.1) is 0 Å². The molecule has 8 nitrogen and oxygen atoms in total. The maximum Gasteiger partial charge on any atom is 0.249 e. The average Bonchev–Trinajstić information content (AvgIpc) is 2.89. The zero-order chi connectivity index (χ0) is 27.3. The molecule has 4 N–H and O–H groups in total. The minimum absolute atomic E-state index is 0.259. The molecule has 0 bridgehead atoms. The summed E-state index contributed by atoms with van der Waals surface area (Å²) in [6, 6.07) is 8.27. The zero-order valence-corrected chi connectivity index (χ0v) is 23.1. The summed E-state index contributed by atoms with van der Waals surface area (Å²) in [4.78, 5) is 28.0. The SMILES string of the molecule is CCCCCCN1C(CCc2ccccc2CCC2=CC(=O)NC(O)N2CCCCCC)=CC(=O)NC1O. The molecule has 0 aliphatic carbocycles. The van der Waals surface area contributed by atoms with Crippen molar-refractivity contribution in [3.05, 3.63) is 58.9 Å². The van der Waals surface area contributed by atoms with E-state index in [9.17, 15) is 19.8 Å². The van der Waals surface area contributed by atoms with Gasteiger partial charge in [0.2, 0.25) is 24.5 Å². The van der Waals surface area contributed by atoms with Crippen LogP contribution in [0.3, 0.4) is 0 Å². The Morgan fingerprint density at radius 2 is 1.08 bits per heavy atom. The number of hydrogen-bond acceptors (Lipinski definition) is 6. The first-order valence-electron chi connectivity index (χ1n) is 14.4. The number of amides is 2. The first-order valence-corrected chi connectivity index (χ1v) is 14.4. The number of carbonyl (C=O) groups excluding carboxylic acids is 2. The first kappa shape index (κ1) is 29.7. The van der Waals surface area contributed by atoms with Crippen LogP contribution in [0.4, 0.5) is 0 Å². The third-order valence-electron chi connectivity index (χ3n) is 7.39. The standard InChI is InChI=1S/C30H46N4O4/c1-3-5-7-11-19-33-25(21-27(35)31-29(33)37)17-15-23-13-9-10-14-24(23)16-18-26-22-28(36)32-30(38)34(26)20-12-8-6-4-2/h9-10,13-14,21-22,29-30,37-38H,3-8,11-12,15-20H2,1-2H3,(H,31,35)(H,32,36). The highest BCUT2D eigenvalue weighted by atomic mass is 16.3. The molecular formula is C30H46N4O4. The fourth-order valence-electron chi connectivity index (χ4n) is 5.23. The maximum absolute atomic E-state index is 12.1. The van der Waals surface area contributed by atoms with Crippen LogP contribution in [-0.4, -0.2) is 57.6 Å². The molecule has 38 heavy (non-hydrogen) atoms. The minimum Gasteiger partial charge on any atom is -0.356 e. The fourth-order valence-corrected chi connectivity index (χ4v) is 5.23. The molecule has 8 heteroatoms. The Kier molecular flexibility index (Phi) is 12.2. The normalized spacial score (nSPS) is 19.7. The molecule has 0 spiro atoms. The van der Waals surface area contributed by atoms with E-state index in [-0.39, 0.29) is 11.8 Å². The monoisotopic (exact) mass is 526 g/mol. The van der Waals surface area contributed by atoms with E-state index in [1.165, 1.54) is 11.1 Å². The molecule has 3 rings (SSSR count). The molecule has 1 aromatic carbocycles. The van der Waals surface area contributed by atoms with Gasteiger partial charge in [0, 0.05) is 36.6 Å². The van der Waals surface area contributed by atoms with Crippen molar-refractivity contribution in [1.82, 2.24) is 20.4 Å². The highest BCUT2D eigenvalue weighted by Gasteiger charge is 2.26. The van der Waals surface area contributed by atoms with Crippen LogP contribution in [0.25, 0.3) is 0 Å². The summed E-state index contributed by atoms with van der Waals surface area (Å²) >= 11 is 0. The van der Waals surface area contributed by atoms with Crippen molar-refractivity contribution in [1.29, 1.82) is 0 Å². The predicted molar refractivity (Wildman–Crippen MR) is 149 cm³/mol. The van der Waals surface area contributed by atoms with Gasteiger partial charge < -0.3 is 30.6 Å². The Hall–Kier alpha value is -2.84. The van der Waals surface area contributed by atoms with Crippen LogP contribution in [0.1, 0.15) is 89.2 Å². The van der Waals surface area contributed by atoms with Gasteiger partial charge in [-0.2, -0.15) is 0 Å². The molecule has 2 aliphatic heterocycles.